The Morgan fingerprint density at radius 1 is 1.15 bits per heavy atom. The average Bonchev–Trinajstić information content (AvgIpc) is 2.98. The van der Waals surface area contributed by atoms with Crippen molar-refractivity contribution in [2.45, 2.75) is 25.7 Å². The Morgan fingerprint density at radius 3 is 2.45 bits per heavy atom. The zero-order valence-electron chi connectivity index (χ0n) is 11.5. The van der Waals surface area contributed by atoms with E-state index in [0.717, 1.165) is 31.5 Å². The lowest BCUT2D eigenvalue weighted by molar-refractivity contribution is -0.151. The average molecular weight is 276 g/mol. The molecule has 0 atom stereocenters. The molecule has 5 heteroatoms. The standard InChI is InChI=1S/C15H20N2O3/c16-13-6-3-12(4-7-13)5-8-15(19)20-11-14(18)17-9-1-2-10-17/h3-4,6-7H,1-2,5,8-11,16H2. The fourth-order valence-electron chi connectivity index (χ4n) is 2.20. The van der Waals surface area contributed by atoms with E-state index < -0.39 is 0 Å². The number of aryl methyl sites for hydroxylation is 1. The van der Waals surface area contributed by atoms with Crippen LogP contribution in [0.1, 0.15) is 24.8 Å². The van der Waals surface area contributed by atoms with Crippen molar-refractivity contribution in [2.75, 3.05) is 25.4 Å². The lowest BCUT2D eigenvalue weighted by Crippen LogP contribution is -2.32. The van der Waals surface area contributed by atoms with Gasteiger partial charge in [0.1, 0.15) is 0 Å². The van der Waals surface area contributed by atoms with Crippen LogP contribution in [0.3, 0.4) is 0 Å². The molecule has 0 radical (unpaired) electrons. The highest BCUT2D eigenvalue weighted by Gasteiger charge is 2.18. The van der Waals surface area contributed by atoms with Crippen molar-refractivity contribution < 1.29 is 14.3 Å². The molecule has 1 fully saturated rings. The number of esters is 1. The van der Waals surface area contributed by atoms with Gasteiger partial charge < -0.3 is 15.4 Å². The van der Waals surface area contributed by atoms with Crippen LogP contribution in [0.4, 0.5) is 5.69 Å². The van der Waals surface area contributed by atoms with Gasteiger partial charge in [-0.05, 0) is 37.0 Å². The number of carbonyl (C=O) groups is 2. The smallest absolute Gasteiger partial charge is 0.306 e. The van der Waals surface area contributed by atoms with Crippen LogP contribution in [0.2, 0.25) is 0 Å². The first-order valence-corrected chi connectivity index (χ1v) is 6.93. The number of carbonyl (C=O) groups excluding carboxylic acids is 2. The lowest BCUT2D eigenvalue weighted by Gasteiger charge is -2.14. The number of benzene rings is 1. The monoisotopic (exact) mass is 276 g/mol. The van der Waals surface area contributed by atoms with Crippen molar-refractivity contribution in [3.8, 4) is 0 Å². The second-order valence-electron chi connectivity index (χ2n) is 4.99. The Kier molecular flexibility index (Phi) is 4.98. The number of hydrogen-bond donors (Lipinski definition) is 1. The molecule has 1 amide bonds. The van der Waals surface area contributed by atoms with Crippen LogP contribution in [-0.4, -0.2) is 36.5 Å². The molecule has 0 saturated carbocycles. The molecular weight excluding hydrogens is 256 g/mol. The normalized spacial score (nSPS) is 14.3. The van der Waals surface area contributed by atoms with Crippen LogP contribution in [0.25, 0.3) is 0 Å². The molecule has 1 aliphatic heterocycles. The molecule has 1 saturated heterocycles. The summed E-state index contributed by atoms with van der Waals surface area (Å²) in [5.74, 6) is -0.433. The van der Waals surface area contributed by atoms with Crippen LogP contribution >= 0.6 is 0 Å². The first kappa shape index (κ1) is 14.4. The number of ether oxygens (including phenoxy) is 1. The van der Waals surface area contributed by atoms with Gasteiger partial charge in [0, 0.05) is 25.2 Å². The number of nitrogens with two attached hydrogens (primary N) is 1. The molecule has 0 spiro atoms. The Morgan fingerprint density at radius 2 is 1.80 bits per heavy atom. The first-order valence-electron chi connectivity index (χ1n) is 6.93. The van der Waals surface area contributed by atoms with E-state index in [2.05, 4.69) is 0 Å². The molecule has 5 nitrogen and oxygen atoms in total. The Labute approximate surface area is 118 Å². The van der Waals surface area contributed by atoms with E-state index in [1.165, 1.54) is 0 Å². The van der Waals surface area contributed by atoms with E-state index >= 15 is 0 Å². The van der Waals surface area contributed by atoms with Gasteiger partial charge in [0.2, 0.25) is 0 Å². The van der Waals surface area contributed by atoms with E-state index in [-0.39, 0.29) is 24.9 Å². The van der Waals surface area contributed by atoms with Gasteiger partial charge in [0.05, 0.1) is 0 Å². The van der Waals surface area contributed by atoms with E-state index in [1.807, 2.05) is 12.1 Å². The molecule has 1 aromatic rings. The van der Waals surface area contributed by atoms with Gasteiger partial charge in [-0.1, -0.05) is 12.1 Å². The first-order chi connectivity index (χ1) is 9.65. The number of amides is 1. The number of likely N-dealkylation sites (tertiary alicyclic amines) is 1. The maximum absolute atomic E-state index is 11.7. The van der Waals surface area contributed by atoms with Crippen LogP contribution in [0.5, 0.6) is 0 Å². The summed E-state index contributed by atoms with van der Waals surface area (Å²) in [4.78, 5) is 25.0. The molecule has 0 aliphatic carbocycles. The maximum Gasteiger partial charge on any atom is 0.306 e. The molecule has 20 heavy (non-hydrogen) atoms. The molecule has 2 N–H and O–H groups in total. The topological polar surface area (TPSA) is 72.6 Å². The fourth-order valence-corrected chi connectivity index (χ4v) is 2.20. The molecule has 0 aromatic heterocycles. The number of rotatable bonds is 5. The minimum atomic E-state index is -0.339. The van der Waals surface area contributed by atoms with Crippen LogP contribution < -0.4 is 5.73 Å². The highest BCUT2D eigenvalue weighted by atomic mass is 16.5. The SMILES string of the molecule is Nc1ccc(CCC(=O)OCC(=O)N2CCCC2)cc1. The fraction of sp³-hybridized carbons (Fsp3) is 0.467. The number of hydrogen-bond acceptors (Lipinski definition) is 4. The van der Waals surface area contributed by atoms with Crippen molar-refractivity contribution in [2.24, 2.45) is 0 Å². The Balaban J connectivity index is 1.67. The maximum atomic E-state index is 11.7. The van der Waals surface area contributed by atoms with E-state index in [9.17, 15) is 9.59 Å². The van der Waals surface area contributed by atoms with Gasteiger partial charge in [0.15, 0.2) is 6.61 Å². The molecular formula is C15H20N2O3. The summed E-state index contributed by atoms with van der Waals surface area (Å²) in [5, 5.41) is 0. The summed E-state index contributed by atoms with van der Waals surface area (Å²) >= 11 is 0. The Bertz CT molecular complexity index is 465. The van der Waals surface area contributed by atoms with Crippen molar-refractivity contribution >= 4 is 17.6 Å². The zero-order chi connectivity index (χ0) is 14.4. The lowest BCUT2D eigenvalue weighted by atomic mass is 10.1. The molecule has 1 aliphatic rings. The van der Waals surface area contributed by atoms with Gasteiger partial charge in [-0.3, -0.25) is 9.59 Å². The molecule has 1 aromatic carbocycles. The van der Waals surface area contributed by atoms with E-state index in [4.69, 9.17) is 10.5 Å². The molecule has 108 valence electrons. The quantitative estimate of drug-likeness (QED) is 0.651. The van der Waals surface area contributed by atoms with Gasteiger partial charge in [-0.25, -0.2) is 0 Å². The predicted molar refractivity (Wildman–Crippen MR) is 75.9 cm³/mol. The molecule has 1 heterocycles. The number of anilines is 1. The van der Waals surface area contributed by atoms with Crippen molar-refractivity contribution in [3.63, 3.8) is 0 Å². The van der Waals surface area contributed by atoms with Crippen LogP contribution in [-0.2, 0) is 20.7 Å². The van der Waals surface area contributed by atoms with Crippen molar-refractivity contribution in [1.29, 1.82) is 0 Å². The van der Waals surface area contributed by atoms with Gasteiger partial charge in [0.25, 0.3) is 5.91 Å². The highest BCUT2D eigenvalue weighted by Crippen LogP contribution is 2.09. The van der Waals surface area contributed by atoms with E-state index in [0.29, 0.717) is 12.1 Å². The summed E-state index contributed by atoms with van der Waals surface area (Å²) in [5.41, 5.74) is 7.32. The number of nitrogens with zero attached hydrogens (tertiary/aromatic N) is 1. The predicted octanol–water partition coefficient (Wildman–Crippen LogP) is 1.37. The zero-order valence-corrected chi connectivity index (χ0v) is 11.5. The molecule has 2 rings (SSSR count). The Hall–Kier alpha value is -2.04. The summed E-state index contributed by atoms with van der Waals surface area (Å²) in [6.07, 6.45) is 2.95. The summed E-state index contributed by atoms with van der Waals surface area (Å²) in [6, 6.07) is 7.38. The second kappa shape index (κ2) is 6.93. The minimum absolute atomic E-state index is 0.0941. The van der Waals surface area contributed by atoms with Gasteiger partial charge >= 0.3 is 5.97 Å². The third kappa shape index (κ3) is 4.26. The summed E-state index contributed by atoms with van der Waals surface area (Å²) in [7, 11) is 0. The van der Waals surface area contributed by atoms with E-state index in [1.54, 1.807) is 17.0 Å². The summed E-state index contributed by atoms with van der Waals surface area (Å²) in [6.45, 7) is 1.42. The van der Waals surface area contributed by atoms with Gasteiger partial charge in [-0.15, -0.1) is 0 Å². The summed E-state index contributed by atoms with van der Waals surface area (Å²) < 4.78 is 5.01. The van der Waals surface area contributed by atoms with Crippen LogP contribution in [0.15, 0.2) is 24.3 Å². The minimum Gasteiger partial charge on any atom is -0.456 e. The third-order valence-corrected chi connectivity index (χ3v) is 3.41. The third-order valence-electron chi connectivity index (χ3n) is 3.41. The van der Waals surface area contributed by atoms with Crippen molar-refractivity contribution in [1.82, 2.24) is 4.90 Å². The molecule has 0 bridgehead atoms. The second-order valence-corrected chi connectivity index (χ2v) is 4.99. The van der Waals surface area contributed by atoms with Crippen LogP contribution in [0, 0.1) is 0 Å². The van der Waals surface area contributed by atoms with Crippen molar-refractivity contribution in [3.05, 3.63) is 29.8 Å². The van der Waals surface area contributed by atoms with Gasteiger partial charge in [-0.2, -0.15) is 0 Å². The largest absolute Gasteiger partial charge is 0.456 e. The highest BCUT2D eigenvalue weighted by molar-refractivity contribution is 5.80. The molecule has 0 unspecified atom stereocenters. The number of nitrogen functional groups attached to an aromatic ring is 1.